The second kappa shape index (κ2) is 16.5. The number of unbranched alkanes of at least 4 members (excludes halogenated alkanes) is 9. The van der Waals surface area contributed by atoms with E-state index in [0.29, 0.717) is 0 Å². The molecule has 0 atom stereocenters. The van der Waals surface area contributed by atoms with Crippen LogP contribution in [0.15, 0.2) is 12.3 Å². The van der Waals surface area contributed by atoms with Crippen LogP contribution in [0.2, 0.25) is 0 Å². The van der Waals surface area contributed by atoms with Crippen LogP contribution in [0.1, 0.15) is 77.6 Å². The molecule has 0 aromatic heterocycles. The number of hydrogen-bond acceptors (Lipinski definition) is 2. The molecule has 0 unspecified atom stereocenters. The predicted molar refractivity (Wildman–Crippen MR) is 80.7 cm³/mol. The van der Waals surface area contributed by atoms with E-state index in [0.717, 1.165) is 13.0 Å². The highest BCUT2D eigenvalue weighted by atomic mass is 16.3. The average molecular weight is 255 g/mol. The first-order chi connectivity index (χ1) is 8.91. The summed E-state index contributed by atoms with van der Waals surface area (Å²) >= 11 is 0. The minimum atomic E-state index is 0.277. The molecule has 0 aliphatic carbocycles. The first kappa shape index (κ1) is 17.5. The molecule has 0 aromatic carbocycles. The minimum Gasteiger partial charge on any atom is -0.396 e. The van der Waals surface area contributed by atoms with E-state index in [1.807, 2.05) is 6.20 Å². The van der Waals surface area contributed by atoms with Crippen LogP contribution in [0, 0.1) is 0 Å². The molecule has 0 aliphatic rings. The van der Waals surface area contributed by atoms with Crippen molar-refractivity contribution in [2.24, 2.45) is 0 Å². The van der Waals surface area contributed by atoms with Crippen LogP contribution in [0.3, 0.4) is 0 Å². The Balaban J connectivity index is 2.98. The Labute approximate surface area is 114 Å². The van der Waals surface area contributed by atoms with Crippen LogP contribution in [0.25, 0.3) is 0 Å². The van der Waals surface area contributed by atoms with Crippen LogP contribution in [0.4, 0.5) is 0 Å². The molecular weight excluding hydrogens is 222 g/mol. The van der Waals surface area contributed by atoms with Gasteiger partial charge < -0.3 is 10.4 Å². The normalized spacial score (nSPS) is 11.2. The standard InChI is InChI=1S/C16H33NO/c1-2-3-4-5-6-7-8-9-10-11-12-14-17-15-13-16-18/h12,14,17-18H,2-11,13,15-16H2,1H3. The first-order valence-corrected chi connectivity index (χ1v) is 7.91. The Morgan fingerprint density at radius 2 is 1.44 bits per heavy atom. The SMILES string of the molecule is CCCCCCCCCCCC=CNCCCO. The highest BCUT2D eigenvalue weighted by Gasteiger charge is 1.91. The van der Waals surface area contributed by atoms with Crippen molar-refractivity contribution >= 4 is 0 Å². The molecule has 0 spiro atoms. The lowest BCUT2D eigenvalue weighted by Crippen LogP contribution is -2.07. The van der Waals surface area contributed by atoms with Gasteiger partial charge in [-0.05, 0) is 25.5 Å². The molecule has 0 fully saturated rings. The van der Waals surface area contributed by atoms with Crippen LogP contribution in [0.5, 0.6) is 0 Å². The van der Waals surface area contributed by atoms with Crippen molar-refractivity contribution in [3.8, 4) is 0 Å². The molecule has 2 heteroatoms. The third kappa shape index (κ3) is 15.5. The maximum Gasteiger partial charge on any atom is 0.0447 e. The Morgan fingerprint density at radius 3 is 2.06 bits per heavy atom. The smallest absolute Gasteiger partial charge is 0.0447 e. The quantitative estimate of drug-likeness (QED) is 0.451. The molecular formula is C16H33NO. The van der Waals surface area contributed by atoms with Gasteiger partial charge in [0.1, 0.15) is 0 Å². The summed E-state index contributed by atoms with van der Waals surface area (Å²) in [5, 5.41) is 11.8. The van der Waals surface area contributed by atoms with Crippen molar-refractivity contribution in [2.45, 2.75) is 77.6 Å². The zero-order chi connectivity index (χ0) is 13.3. The maximum absolute atomic E-state index is 8.59. The van der Waals surface area contributed by atoms with Crippen LogP contribution >= 0.6 is 0 Å². The lowest BCUT2D eigenvalue weighted by atomic mass is 10.1. The fourth-order valence-electron chi connectivity index (χ4n) is 2.00. The zero-order valence-electron chi connectivity index (χ0n) is 12.3. The highest BCUT2D eigenvalue weighted by Crippen LogP contribution is 2.10. The predicted octanol–water partition coefficient (Wildman–Crippen LogP) is 4.39. The van der Waals surface area contributed by atoms with Gasteiger partial charge in [-0.1, -0.05) is 64.4 Å². The van der Waals surface area contributed by atoms with Gasteiger partial charge in [0.2, 0.25) is 0 Å². The molecule has 0 saturated carbocycles. The summed E-state index contributed by atoms with van der Waals surface area (Å²) in [7, 11) is 0. The molecule has 0 heterocycles. The number of allylic oxidation sites excluding steroid dienone is 1. The topological polar surface area (TPSA) is 32.3 Å². The molecule has 0 radical (unpaired) electrons. The highest BCUT2D eigenvalue weighted by molar-refractivity contribution is 4.78. The molecule has 0 aromatic rings. The number of nitrogens with one attached hydrogen (secondary N) is 1. The largest absolute Gasteiger partial charge is 0.396 e. The maximum atomic E-state index is 8.59. The van der Waals surface area contributed by atoms with E-state index in [1.165, 1.54) is 64.2 Å². The van der Waals surface area contributed by atoms with E-state index in [1.54, 1.807) is 0 Å². The van der Waals surface area contributed by atoms with E-state index in [4.69, 9.17) is 5.11 Å². The summed E-state index contributed by atoms with van der Waals surface area (Å²) in [5.41, 5.74) is 0. The van der Waals surface area contributed by atoms with Gasteiger partial charge in [-0.15, -0.1) is 0 Å². The molecule has 2 N–H and O–H groups in total. The lowest BCUT2D eigenvalue weighted by molar-refractivity contribution is 0.288. The second-order valence-corrected chi connectivity index (χ2v) is 5.05. The van der Waals surface area contributed by atoms with E-state index in [9.17, 15) is 0 Å². The van der Waals surface area contributed by atoms with Crippen LogP contribution in [-0.2, 0) is 0 Å². The van der Waals surface area contributed by atoms with Crippen molar-refractivity contribution < 1.29 is 5.11 Å². The zero-order valence-corrected chi connectivity index (χ0v) is 12.3. The molecule has 18 heavy (non-hydrogen) atoms. The van der Waals surface area contributed by atoms with Crippen molar-refractivity contribution in [1.82, 2.24) is 5.32 Å². The summed E-state index contributed by atoms with van der Waals surface area (Å²) in [4.78, 5) is 0. The molecule has 108 valence electrons. The number of rotatable bonds is 14. The first-order valence-electron chi connectivity index (χ1n) is 7.91. The van der Waals surface area contributed by atoms with Crippen molar-refractivity contribution in [3.05, 3.63) is 12.3 Å². The van der Waals surface area contributed by atoms with Gasteiger partial charge in [0.05, 0.1) is 0 Å². The van der Waals surface area contributed by atoms with Gasteiger partial charge in [0.25, 0.3) is 0 Å². The molecule has 0 bridgehead atoms. The molecule has 0 aliphatic heterocycles. The van der Waals surface area contributed by atoms with Gasteiger partial charge in [0.15, 0.2) is 0 Å². The number of aliphatic hydroxyl groups excluding tert-OH is 1. The summed E-state index contributed by atoms with van der Waals surface area (Å²) in [6, 6.07) is 0. The van der Waals surface area contributed by atoms with Gasteiger partial charge >= 0.3 is 0 Å². The Kier molecular flexibility index (Phi) is 16.0. The monoisotopic (exact) mass is 255 g/mol. The summed E-state index contributed by atoms with van der Waals surface area (Å²) < 4.78 is 0. The summed E-state index contributed by atoms with van der Waals surface area (Å²) in [6.45, 7) is 3.43. The number of hydrogen-bond donors (Lipinski definition) is 2. The van der Waals surface area contributed by atoms with Gasteiger partial charge in [-0.25, -0.2) is 0 Å². The van der Waals surface area contributed by atoms with Gasteiger partial charge in [0, 0.05) is 13.2 Å². The lowest BCUT2D eigenvalue weighted by Gasteiger charge is -2.01. The fourth-order valence-corrected chi connectivity index (χ4v) is 2.00. The van der Waals surface area contributed by atoms with Gasteiger partial charge in [-0.2, -0.15) is 0 Å². The van der Waals surface area contributed by atoms with Crippen LogP contribution in [-0.4, -0.2) is 18.3 Å². The van der Waals surface area contributed by atoms with E-state index < -0.39 is 0 Å². The van der Waals surface area contributed by atoms with Crippen molar-refractivity contribution in [3.63, 3.8) is 0 Å². The molecule has 0 saturated heterocycles. The molecule has 0 amide bonds. The van der Waals surface area contributed by atoms with E-state index >= 15 is 0 Å². The summed E-state index contributed by atoms with van der Waals surface area (Å²) in [6.07, 6.45) is 18.8. The van der Waals surface area contributed by atoms with Crippen molar-refractivity contribution in [2.75, 3.05) is 13.2 Å². The molecule has 2 nitrogen and oxygen atoms in total. The Hall–Kier alpha value is -0.500. The minimum absolute atomic E-state index is 0.277. The Morgan fingerprint density at radius 1 is 0.833 bits per heavy atom. The van der Waals surface area contributed by atoms with Crippen molar-refractivity contribution in [1.29, 1.82) is 0 Å². The van der Waals surface area contributed by atoms with E-state index in [2.05, 4.69) is 18.3 Å². The number of aliphatic hydroxyl groups is 1. The van der Waals surface area contributed by atoms with E-state index in [-0.39, 0.29) is 6.61 Å². The third-order valence-electron chi connectivity index (χ3n) is 3.19. The fraction of sp³-hybridized carbons (Fsp3) is 0.875. The van der Waals surface area contributed by atoms with Gasteiger partial charge in [-0.3, -0.25) is 0 Å². The second-order valence-electron chi connectivity index (χ2n) is 5.05. The third-order valence-corrected chi connectivity index (χ3v) is 3.19. The molecule has 0 rings (SSSR count). The summed E-state index contributed by atoms with van der Waals surface area (Å²) in [5.74, 6) is 0. The van der Waals surface area contributed by atoms with Crippen LogP contribution < -0.4 is 5.32 Å². The average Bonchev–Trinajstić information content (AvgIpc) is 2.39. The Bertz CT molecular complexity index is 168.